The van der Waals surface area contributed by atoms with Crippen molar-refractivity contribution in [1.29, 1.82) is 0 Å². The van der Waals surface area contributed by atoms with Gasteiger partial charge in [0, 0.05) is 35.8 Å². The number of thiazole rings is 1. The highest BCUT2D eigenvalue weighted by Crippen LogP contribution is 2.15. The van der Waals surface area contributed by atoms with Gasteiger partial charge in [0.2, 0.25) is 5.91 Å². The molecular weight excluding hydrogens is 322 g/mol. The van der Waals surface area contributed by atoms with Crippen LogP contribution >= 0.6 is 11.3 Å². The largest absolute Gasteiger partial charge is 0.339 e. The van der Waals surface area contributed by atoms with Gasteiger partial charge in [0.25, 0.3) is 5.91 Å². The van der Waals surface area contributed by atoms with Gasteiger partial charge >= 0.3 is 0 Å². The Balaban J connectivity index is 1.58. The average molecular weight is 341 g/mol. The second-order valence-corrected chi connectivity index (χ2v) is 6.75. The third-order valence-electron chi connectivity index (χ3n) is 3.83. The van der Waals surface area contributed by atoms with Gasteiger partial charge in [-0.05, 0) is 50.1 Å². The minimum atomic E-state index is -0.223. The van der Waals surface area contributed by atoms with Crippen LogP contribution in [0.1, 0.15) is 33.9 Å². The molecule has 0 unspecified atom stereocenters. The summed E-state index contributed by atoms with van der Waals surface area (Å²) in [7, 11) is 0. The smallest absolute Gasteiger partial charge is 0.253 e. The molecule has 5 nitrogen and oxygen atoms in total. The van der Waals surface area contributed by atoms with Crippen LogP contribution in [0.3, 0.4) is 0 Å². The number of aromatic nitrogens is 1. The number of anilines is 1. The second-order valence-electron chi connectivity index (χ2n) is 5.69. The highest BCUT2D eigenvalue weighted by molar-refractivity contribution is 7.09. The third kappa shape index (κ3) is 4.08. The molecule has 1 aromatic heterocycles. The van der Waals surface area contributed by atoms with Crippen LogP contribution in [0.2, 0.25) is 0 Å². The van der Waals surface area contributed by atoms with E-state index in [1.165, 1.54) is 6.08 Å². The van der Waals surface area contributed by atoms with E-state index in [0.717, 1.165) is 36.6 Å². The predicted octanol–water partition coefficient (Wildman–Crippen LogP) is 3.34. The molecule has 1 fully saturated rings. The van der Waals surface area contributed by atoms with E-state index in [4.69, 9.17) is 0 Å². The molecule has 2 amide bonds. The van der Waals surface area contributed by atoms with Crippen LogP contribution in [0, 0.1) is 6.92 Å². The maximum Gasteiger partial charge on any atom is 0.253 e. The van der Waals surface area contributed by atoms with E-state index >= 15 is 0 Å². The molecule has 24 heavy (non-hydrogen) atoms. The first-order chi connectivity index (χ1) is 11.6. The molecule has 6 heteroatoms. The maximum absolute atomic E-state index is 12.3. The Morgan fingerprint density at radius 2 is 1.92 bits per heavy atom. The summed E-state index contributed by atoms with van der Waals surface area (Å²) in [6.45, 7) is 3.59. The Labute approximate surface area is 145 Å². The summed E-state index contributed by atoms with van der Waals surface area (Å²) >= 11 is 1.54. The first-order valence-electron chi connectivity index (χ1n) is 7.92. The first kappa shape index (κ1) is 16.4. The molecule has 1 aliphatic heterocycles. The van der Waals surface area contributed by atoms with Gasteiger partial charge in [0.15, 0.2) is 0 Å². The van der Waals surface area contributed by atoms with Gasteiger partial charge in [-0.25, -0.2) is 4.98 Å². The van der Waals surface area contributed by atoms with E-state index in [2.05, 4.69) is 10.3 Å². The molecule has 1 aromatic carbocycles. The van der Waals surface area contributed by atoms with Crippen LogP contribution in [0.25, 0.3) is 6.08 Å². The predicted molar refractivity (Wildman–Crippen MR) is 96.1 cm³/mol. The zero-order valence-corrected chi connectivity index (χ0v) is 14.3. The number of nitrogens with one attached hydrogen (secondary N) is 1. The Morgan fingerprint density at radius 3 is 2.54 bits per heavy atom. The molecule has 1 saturated heterocycles. The van der Waals surface area contributed by atoms with Crippen molar-refractivity contribution >= 4 is 34.9 Å². The summed E-state index contributed by atoms with van der Waals surface area (Å²) in [6, 6.07) is 7.01. The van der Waals surface area contributed by atoms with Crippen molar-refractivity contribution in [2.75, 3.05) is 18.4 Å². The van der Waals surface area contributed by atoms with Gasteiger partial charge in [0.05, 0.1) is 10.7 Å². The van der Waals surface area contributed by atoms with Gasteiger partial charge in [0.1, 0.15) is 0 Å². The van der Waals surface area contributed by atoms with Crippen LogP contribution < -0.4 is 5.32 Å². The first-order valence-corrected chi connectivity index (χ1v) is 8.80. The van der Waals surface area contributed by atoms with E-state index in [1.54, 1.807) is 41.7 Å². The Morgan fingerprint density at radius 1 is 1.21 bits per heavy atom. The molecule has 2 aromatic rings. The number of hydrogen-bond acceptors (Lipinski definition) is 4. The fourth-order valence-corrected chi connectivity index (χ4v) is 3.18. The van der Waals surface area contributed by atoms with E-state index < -0.39 is 0 Å². The minimum Gasteiger partial charge on any atom is -0.339 e. The summed E-state index contributed by atoms with van der Waals surface area (Å²) < 4.78 is 0. The molecule has 2 heterocycles. The molecule has 0 aliphatic carbocycles. The quantitative estimate of drug-likeness (QED) is 0.868. The Bertz CT molecular complexity index is 759. The average Bonchev–Trinajstić information content (AvgIpc) is 3.25. The third-order valence-corrected chi connectivity index (χ3v) is 4.63. The molecular formula is C18H19N3O2S. The molecule has 3 rings (SSSR count). The van der Waals surface area contributed by atoms with Crippen molar-refractivity contribution in [2.24, 2.45) is 0 Å². The highest BCUT2D eigenvalue weighted by Gasteiger charge is 2.19. The minimum absolute atomic E-state index is 0.0594. The lowest BCUT2D eigenvalue weighted by molar-refractivity contribution is -0.111. The van der Waals surface area contributed by atoms with Gasteiger partial charge in [-0.2, -0.15) is 0 Å². The van der Waals surface area contributed by atoms with Crippen LogP contribution in [-0.4, -0.2) is 34.8 Å². The fraction of sp³-hybridized carbons (Fsp3) is 0.278. The van der Waals surface area contributed by atoms with Crippen molar-refractivity contribution in [3.8, 4) is 0 Å². The van der Waals surface area contributed by atoms with Gasteiger partial charge in [-0.3, -0.25) is 9.59 Å². The molecule has 0 atom stereocenters. The van der Waals surface area contributed by atoms with Gasteiger partial charge in [-0.1, -0.05) is 0 Å². The number of hydrogen-bond donors (Lipinski definition) is 1. The van der Waals surface area contributed by atoms with Crippen LogP contribution in [0.15, 0.2) is 35.7 Å². The lowest BCUT2D eigenvalue weighted by atomic mass is 10.2. The summed E-state index contributed by atoms with van der Waals surface area (Å²) in [5.74, 6) is -0.163. The molecule has 124 valence electrons. The van der Waals surface area contributed by atoms with Crippen molar-refractivity contribution in [1.82, 2.24) is 9.88 Å². The summed E-state index contributed by atoms with van der Waals surface area (Å²) in [5.41, 5.74) is 2.10. The maximum atomic E-state index is 12.3. The molecule has 0 radical (unpaired) electrons. The number of rotatable bonds is 4. The second kappa shape index (κ2) is 7.40. The SMILES string of the molecule is Cc1nc(/C=C/C(=O)Nc2ccc(C(=O)N3CCCC3)cc2)cs1. The summed E-state index contributed by atoms with van der Waals surface area (Å²) in [6.07, 6.45) is 5.29. The van der Waals surface area contributed by atoms with E-state index in [0.29, 0.717) is 11.3 Å². The fourth-order valence-electron chi connectivity index (χ4n) is 2.60. The monoisotopic (exact) mass is 341 g/mol. The van der Waals surface area contributed by atoms with Gasteiger partial charge < -0.3 is 10.2 Å². The molecule has 1 N–H and O–H groups in total. The van der Waals surface area contributed by atoms with Crippen molar-refractivity contribution in [3.05, 3.63) is 52.0 Å². The Hall–Kier alpha value is -2.47. The van der Waals surface area contributed by atoms with Gasteiger partial charge in [-0.15, -0.1) is 11.3 Å². The van der Waals surface area contributed by atoms with Crippen molar-refractivity contribution < 1.29 is 9.59 Å². The van der Waals surface area contributed by atoms with Crippen LogP contribution in [-0.2, 0) is 4.79 Å². The van der Waals surface area contributed by atoms with E-state index in [1.807, 2.05) is 17.2 Å². The number of carbonyl (C=O) groups excluding carboxylic acids is 2. The zero-order chi connectivity index (χ0) is 16.9. The number of carbonyl (C=O) groups is 2. The zero-order valence-electron chi connectivity index (χ0n) is 13.5. The summed E-state index contributed by atoms with van der Waals surface area (Å²) in [5, 5.41) is 5.65. The van der Waals surface area contributed by atoms with Crippen molar-refractivity contribution in [2.45, 2.75) is 19.8 Å². The number of benzene rings is 1. The number of nitrogens with zero attached hydrogens (tertiary/aromatic N) is 2. The summed E-state index contributed by atoms with van der Waals surface area (Å²) in [4.78, 5) is 30.3. The topological polar surface area (TPSA) is 62.3 Å². The standard InChI is InChI=1S/C18H19N3O2S/c1-13-19-16(12-24-13)8-9-17(22)20-15-6-4-14(5-7-15)18(23)21-10-2-3-11-21/h4-9,12H,2-3,10-11H2,1H3,(H,20,22)/b9-8+. The highest BCUT2D eigenvalue weighted by atomic mass is 32.1. The number of aryl methyl sites for hydroxylation is 1. The molecule has 0 saturated carbocycles. The Kier molecular flexibility index (Phi) is 5.05. The number of amides is 2. The lowest BCUT2D eigenvalue weighted by Gasteiger charge is -2.15. The lowest BCUT2D eigenvalue weighted by Crippen LogP contribution is -2.27. The molecule has 0 spiro atoms. The normalized spacial score (nSPS) is 14.3. The number of likely N-dealkylation sites (tertiary alicyclic amines) is 1. The van der Waals surface area contributed by atoms with Crippen LogP contribution in [0.5, 0.6) is 0 Å². The van der Waals surface area contributed by atoms with E-state index in [9.17, 15) is 9.59 Å². The molecule has 1 aliphatic rings. The van der Waals surface area contributed by atoms with Crippen LogP contribution in [0.4, 0.5) is 5.69 Å². The van der Waals surface area contributed by atoms with E-state index in [-0.39, 0.29) is 11.8 Å². The molecule has 0 bridgehead atoms. The van der Waals surface area contributed by atoms with Crippen molar-refractivity contribution in [3.63, 3.8) is 0 Å².